The number of fused-ring (bicyclic) bond motifs is 1. The van der Waals surface area contributed by atoms with Crippen molar-refractivity contribution in [1.29, 1.82) is 5.26 Å². The Morgan fingerprint density at radius 2 is 2.15 bits per heavy atom. The number of hydrogen-bond donors (Lipinski definition) is 1. The van der Waals surface area contributed by atoms with Gasteiger partial charge >= 0.3 is 0 Å². The van der Waals surface area contributed by atoms with E-state index in [1.807, 2.05) is 24.8 Å². The first kappa shape index (κ1) is 24.6. The van der Waals surface area contributed by atoms with Crippen LogP contribution in [0.2, 0.25) is 0 Å². The van der Waals surface area contributed by atoms with Crippen molar-refractivity contribution in [2.24, 2.45) is 0 Å². The predicted octanol–water partition coefficient (Wildman–Crippen LogP) is 3.87. The summed E-state index contributed by atoms with van der Waals surface area (Å²) in [5.74, 6) is 0.489. The van der Waals surface area contributed by atoms with Crippen molar-refractivity contribution in [3.05, 3.63) is 56.8 Å². The smallest absolute Gasteiger partial charge is 0.254 e. The van der Waals surface area contributed by atoms with Gasteiger partial charge < -0.3 is 14.7 Å². The molecule has 7 nitrogen and oxygen atoms in total. The summed E-state index contributed by atoms with van der Waals surface area (Å²) >= 11 is 3.70. The van der Waals surface area contributed by atoms with Crippen molar-refractivity contribution in [2.45, 2.75) is 58.2 Å². The van der Waals surface area contributed by atoms with E-state index in [-0.39, 0.29) is 24.1 Å². The van der Waals surface area contributed by atoms with Crippen LogP contribution in [0.4, 0.5) is 0 Å². The summed E-state index contributed by atoms with van der Waals surface area (Å²) in [5.41, 5.74) is 3.98. The maximum atomic E-state index is 13.6. The van der Waals surface area contributed by atoms with Gasteiger partial charge in [0.05, 0.1) is 24.4 Å². The molecule has 1 amide bonds. The molecule has 0 aliphatic carbocycles. The summed E-state index contributed by atoms with van der Waals surface area (Å²) in [6, 6.07) is 7.95. The van der Waals surface area contributed by atoms with E-state index in [9.17, 15) is 15.2 Å². The van der Waals surface area contributed by atoms with Crippen LogP contribution >= 0.6 is 15.9 Å². The highest BCUT2D eigenvalue weighted by Crippen LogP contribution is 2.33. The lowest BCUT2D eigenvalue weighted by atomic mass is 9.94. The molecule has 0 saturated carbocycles. The Bertz CT molecular complexity index is 1120. The largest absolute Gasteiger partial charge is 0.492 e. The Hall–Kier alpha value is -2.47. The SMILES string of the molecule is CCOc1cc(C(C)N2CCc3c(Br)cc(CCN4CCC(O)C4C)cc3C2=O)ncc1C#N. The Kier molecular flexibility index (Phi) is 7.56. The van der Waals surface area contributed by atoms with Crippen LogP contribution in [0.5, 0.6) is 5.75 Å². The van der Waals surface area contributed by atoms with Crippen LogP contribution in [0.3, 0.4) is 0 Å². The fraction of sp³-hybridized carbons (Fsp3) is 0.500. The van der Waals surface area contributed by atoms with Crippen molar-refractivity contribution < 1.29 is 14.6 Å². The molecule has 1 N–H and O–H groups in total. The highest BCUT2D eigenvalue weighted by Gasteiger charge is 2.32. The van der Waals surface area contributed by atoms with E-state index in [2.05, 4.69) is 44.9 Å². The van der Waals surface area contributed by atoms with Crippen LogP contribution in [-0.2, 0) is 12.8 Å². The number of amides is 1. The van der Waals surface area contributed by atoms with Gasteiger partial charge in [0.1, 0.15) is 17.4 Å². The standard InChI is InChI=1S/C26H31BrN4O3/c1-4-34-25-13-23(29-15-19(25)14-28)16(2)31-10-6-20-21(26(31)33)11-18(12-22(20)27)5-8-30-9-7-24(32)17(30)3/h11-13,15-17,24,32H,4-10H2,1-3H3. The zero-order valence-electron chi connectivity index (χ0n) is 19.9. The van der Waals surface area contributed by atoms with Gasteiger partial charge in [0.2, 0.25) is 0 Å². The Balaban J connectivity index is 1.54. The number of halogens is 1. The number of nitriles is 1. The molecule has 2 aromatic rings. The van der Waals surface area contributed by atoms with Crippen LogP contribution in [0, 0.1) is 11.3 Å². The van der Waals surface area contributed by atoms with E-state index in [1.54, 1.807) is 6.07 Å². The number of aliphatic hydroxyl groups excluding tert-OH is 1. The number of likely N-dealkylation sites (tertiary alicyclic amines) is 1. The van der Waals surface area contributed by atoms with Crippen LogP contribution in [0.1, 0.15) is 66.0 Å². The quantitative estimate of drug-likeness (QED) is 0.588. The highest BCUT2D eigenvalue weighted by atomic mass is 79.9. The van der Waals surface area contributed by atoms with Gasteiger partial charge in [-0.3, -0.25) is 14.7 Å². The number of nitrogens with zero attached hydrogens (tertiary/aromatic N) is 4. The molecule has 3 atom stereocenters. The van der Waals surface area contributed by atoms with Crippen molar-refractivity contribution in [2.75, 3.05) is 26.2 Å². The summed E-state index contributed by atoms with van der Waals surface area (Å²) in [7, 11) is 0. The van der Waals surface area contributed by atoms with Gasteiger partial charge in [0, 0.05) is 48.0 Å². The molecular formula is C26H31BrN4O3. The fourth-order valence-electron chi connectivity index (χ4n) is 4.91. The normalized spacial score (nSPS) is 21.3. The third kappa shape index (κ3) is 4.83. The average molecular weight is 527 g/mol. The number of ether oxygens (including phenoxy) is 1. The summed E-state index contributed by atoms with van der Waals surface area (Å²) in [4.78, 5) is 22.2. The number of benzene rings is 1. The number of aliphatic hydroxyl groups is 1. The van der Waals surface area contributed by atoms with Crippen LogP contribution < -0.4 is 4.74 Å². The number of aromatic nitrogens is 1. The highest BCUT2D eigenvalue weighted by molar-refractivity contribution is 9.10. The first-order valence-electron chi connectivity index (χ1n) is 11.9. The monoisotopic (exact) mass is 526 g/mol. The lowest BCUT2D eigenvalue weighted by molar-refractivity contribution is 0.0668. The minimum absolute atomic E-state index is 0.00891. The molecule has 1 aromatic carbocycles. The number of hydrogen-bond acceptors (Lipinski definition) is 6. The number of rotatable bonds is 7. The minimum atomic E-state index is -0.258. The number of carbonyl (C=O) groups excluding carboxylic acids is 1. The van der Waals surface area contributed by atoms with Gasteiger partial charge in [-0.05, 0) is 63.3 Å². The summed E-state index contributed by atoms with van der Waals surface area (Å²) < 4.78 is 6.59. The second-order valence-electron chi connectivity index (χ2n) is 9.06. The molecule has 1 saturated heterocycles. The van der Waals surface area contributed by atoms with Gasteiger partial charge in [0.15, 0.2) is 0 Å². The van der Waals surface area contributed by atoms with Crippen molar-refractivity contribution in [1.82, 2.24) is 14.8 Å². The van der Waals surface area contributed by atoms with Crippen LogP contribution in [-0.4, -0.2) is 64.2 Å². The first-order chi connectivity index (χ1) is 16.3. The van der Waals surface area contributed by atoms with E-state index in [4.69, 9.17) is 4.74 Å². The molecule has 0 radical (unpaired) electrons. The average Bonchev–Trinajstić information content (AvgIpc) is 3.15. The van der Waals surface area contributed by atoms with E-state index in [0.717, 1.165) is 53.5 Å². The molecule has 2 aliphatic rings. The summed E-state index contributed by atoms with van der Waals surface area (Å²) in [6.07, 6.45) is 3.65. The van der Waals surface area contributed by atoms with Crippen molar-refractivity contribution >= 4 is 21.8 Å². The molecule has 1 aromatic heterocycles. The molecule has 3 unspecified atom stereocenters. The second kappa shape index (κ2) is 10.4. The predicted molar refractivity (Wildman–Crippen MR) is 133 cm³/mol. The van der Waals surface area contributed by atoms with E-state index in [0.29, 0.717) is 30.2 Å². The van der Waals surface area contributed by atoms with Gasteiger partial charge in [-0.1, -0.05) is 15.9 Å². The first-order valence-corrected chi connectivity index (χ1v) is 12.7. The van der Waals surface area contributed by atoms with Gasteiger partial charge in [-0.2, -0.15) is 5.26 Å². The second-order valence-corrected chi connectivity index (χ2v) is 9.92. The third-order valence-electron chi connectivity index (χ3n) is 7.08. The van der Waals surface area contributed by atoms with Gasteiger partial charge in [-0.15, -0.1) is 0 Å². The Morgan fingerprint density at radius 3 is 2.82 bits per heavy atom. The zero-order valence-corrected chi connectivity index (χ0v) is 21.5. The molecular weight excluding hydrogens is 496 g/mol. The molecule has 0 spiro atoms. The lowest BCUT2D eigenvalue weighted by Gasteiger charge is -2.34. The summed E-state index contributed by atoms with van der Waals surface area (Å²) in [5, 5.41) is 19.3. The molecule has 2 aliphatic heterocycles. The summed E-state index contributed by atoms with van der Waals surface area (Å²) in [6.45, 7) is 8.71. The number of pyridine rings is 1. The Morgan fingerprint density at radius 1 is 1.35 bits per heavy atom. The zero-order chi connectivity index (χ0) is 24.4. The fourth-order valence-corrected chi connectivity index (χ4v) is 5.62. The van der Waals surface area contributed by atoms with E-state index < -0.39 is 0 Å². The maximum Gasteiger partial charge on any atom is 0.254 e. The minimum Gasteiger partial charge on any atom is -0.492 e. The Labute approximate surface area is 209 Å². The van der Waals surface area contributed by atoms with Crippen LogP contribution in [0.25, 0.3) is 0 Å². The topological polar surface area (TPSA) is 89.7 Å². The molecule has 180 valence electrons. The molecule has 8 heteroatoms. The van der Waals surface area contributed by atoms with Gasteiger partial charge in [-0.25, -0.2) is 0 Å². The molecule has 0 bridgehead atoms. The van der Waals surface area contributed by atoms with Crippen LogP contribution in [0.15, 0.2) is 28.9 Å². The molecule has 1 fully saturated rings. The molecule has 4 rings (SSSR count). The van der Waals surface area contributed by atoms with Gasteiger partial charge in [0.25, 0.3) is 5.91 Å². The molecule has 3 heterocycles. The van der Waals surface area contributed by atoms with E-state index in [1.165, 1.54) is 6.20 Å². The lowest BCUT2D eigenvalue weighted by Crippen LogP contribution is -2.40. The van der Waals surface area contributed by atoms with Crippen molar-refractivity contribution in [3.63, 3.8) is 0 Å². The maximum absolute atomic E-state index is 13.6. The van der Waals surface area contributed by atoms with Crippen molar-refractivity contribution in [3.8, 4) is 11.8 Å². The number of carbonyl (C=O) groups is 1. The van der Waals surface area contributed by atoms with E-state index >= 15 is 0 Å². The molecule has 34 heavy (non-hydrogen) atoms. The third-order valence-corrected chi connectivity index (χ3v) is 7.79.